The lowest BCUT2D eigenvalue weighted by Crippen LogP contribution is -2.09. The molecule has 2 aromatic carbocycles. The summed E-state index contributed by atoms with van der Waals surface area (Å²) in [5, 5.41) is 10.0. The summed E-state index contributed by atoms with van der Waals surface area (Å²) >= 11 is 5.89. The number of hydrogen-bond donors (Lipinski definition) is 1. The molecule has 0 aliphatic rings. The van der Waals surface area contributed by atoms with E-state index in [1.54, 1.807) is 6.07 Å². The van der Waals surface area contributed by atoms with Crippen molar-refractivity contribution in [2.75, 3.05) is 6.61 Å². The van der Waals surface area contributed by atoms with Crippen LogP contribution in [0.2, 0.25) is 5.02 Å². The van der Waals surface area contributed by atoms with Gasteiger partial charge in [-0.2, -0.15) is 0 Å². The Kier molecular flexibility index (Phi) is 4.56. The van der Waals surface area contributed by atoms with Crippen molar-refractivity contribution >= 4 is 11.6 Å². The minimum Gasteiger partial charge on any atom is -0.396 e. The third-order valence-electron chi connectivity index (χ3n) is 3.21. The predicted molar refractivity (Wildman–Crippen MR) is 76.1 cm³/mol. The molecule has 0 heterocycles. The van der Waals surface area contributed by atoms with Gasteiger partial charge in [0.25, 0.3) is 0 Å². The zero-order valence-electron chi connectivity index (χ0n) is 10.7. The highest BCUT2D eigenvalue weighted by molar-refractivity contribution is 6.30. The molecule has 100 valence electrons. The molecule has 0 aromatic heterocycles. The molecule has 0 spiro atoms. The fourth-order valence-electron chi connectivity index (χ4n) is 2.18. The maximum atomic E-state index is 13.7. The van der Waals surface area contributed by atoms with Gasteiger partial charge >= 0.3 is 0 Å². The van der Waals surface area contributed by atoms with Gasteiger partial charge in [0.1, 0.15) is 5.82 Å². The Morgan fingerprint density at radius 1 is 1.21 bits per heavy atom. The zero-order chi connectivity index (χ0) is 13.8. The summed E-state index contributed by atoms with van der Waals surface area (Å²) in [6.45, 7) is 1.98. The second kappa shape index (κ2) is 6.18. The van der Waals surface area contributed by atoms with E-state index in [1.807, 2.05) is 31.2 Å². The average Bonchev–Trinajstić information content (AvgIpc) is 2.39. The molecule has 1 nitrogen and oxygen atoms in total. The maximum Gasteiger partial charge on any atom is 0.126 e. The third kappa shape index (κ3) is 3.55. The minimum atomic E-state index is -0.282. The molecule has 0 fully saturated rings. The summed E-state index contributed by atoms with van der Waals surface area (Å²) < 4.78 is 13.7. The van der Waals surface area contributed by atoms with Crippen molar-refractivity contribution < 1.29 is 9.50 Å². The van der Waals surface area contributed by atoms with Gasteiger partial charge in [-0.1, -0.05) is 41.4 Å². The summed E-state index contributed by atoms with van der Waals surface area (Å²) in [5.74, 6) is -0.400. The summed E-state index contributed by atoms with van der Waals surface area (Å²) in [6.07, 6.45) is 0.437. The van der Waals surface area contributed by atoms with Crippen LogP contribution in [-0.4, -0.2) is 11.7 Å². The molecule has 0 amide bonds. The predicted octanol–water partition coefficient (Wildman–Crippen LogP) is 4.11. The van der Waals surface area contributed by atoms with E-state index in [1.165, 1.54) is 12.1 Å². The molecule has 0 radical (unpaired) electrons. The standard InChI is InChI=1S/C16H16ClFO/c1-11-3-2-4-12(7-11)14(10-19)8-13-9-15(17)5-6-16(13)18/h2-7,9,14,19H,8,10H2,1H3. The Labute approximate surface area is 117 Å². The first-order valence-electron chi connectivity index (χ1n) is 6.21. The molecule has 2 rings (SSSR count). The number of aliphatic hydroxyl groups excluding tert-OH is 1. The van der Waals surface area contributed by atoms with Crippen LogP contribution in [0.5, 0.6) is 0 Å². The lowest BCUT2D eigenvalue weighted by molar-refractivity contribution is 0.263. The van der Waals surface area contributed by atoms with Crippen LogP contribution in [-0.2, 0) is 6.42 Å². The first kappa shape index (κ1) is 14.0. The van der Waals surface area contributed by atoms with E-state index in [2.05, 4.69) is 0 Å². The second-order valence-corrected chi connectivity index (χ2v) is 5.17. The first-order valence-corrected chi connectivity index (χ1v) is 6.59. The first-order chi connectivity index (χ1) is 9.10. The number of aryl methyl sites for hydroxylation is 1. The van der Waals surface area contributed by atoms with E-state index in [4.69, 9.17) is 11.6 Å². The smallest absolute Gasteiger partial charge is 0.126 e. The van der Waals surface area contributed by atoms with Crippen LogP contribution >= 0.6 is 11.6 Å². The van der Waals surface area contributed by atoms with E-state index in [0.29, 0.717) is 17.0 Å². The molecule has 2 aromatic rings. The van der Waals surface area contributed by atoms with Crippen molar-refractivity contribution in [2.45, 2.75) is 19.3 Å². The molecule has 1 atom stereocenters. The molecular weight excluding hydrogens is 263 g/mol. The molecule has 1 unspecified atom stereocenters. The Balaban J connectivity index is 2.26. The Morgan fingerprint density at radius 3 is 2.68 bits per heavy atom. The van der Waals surface area contributed by atoms with Gasteiger partial charge in [0.05, 0.1) is 6.61 Å². The number of aliphatic hydroxyl groups is 1. The van der Waals surface area contributed by atoms with Crippen LogP contribution in [0.4, 0.5) is 4.39 Å². The van der Waals surface area contributed by atoms with Gasteiger partial charge in [-0.25, -0.2) is 4.39 Å². The molecule has 3 heteroatoms. The van der Waals surface area contributed by atoms with E-state index in [0.717, 1.165) is 11.1 Å². The van der Waals surface area contributed by atoms with Crippen LogP contribution in [0, 0.1) is 12.7 Å². The Bertz CT molecular complexity index is 568. The Hall–Kier alpha value is -1.38. The summed E-state index contributed by atoms with van der Waals surface area (Å²) in [7, 11) is 0. The summed E-state index contributed by atoms with van der Waals surface area (Å²) in [6, 6.07) is 12.4. The fraction of sp³-hybridized carbons (Fsp3) is 0.250. The van der Waals surface area contributed by atoms with Gasteiger partial charge in [-0.3, -0.25) is 0 Å². The Morgan fingerprint density at radius 2 is 2.00 bits per heavy atom. The minimum absolute atomic E-state index is 0.0184. The van der Waals surface area contributed by atoms with Crippen molar-refractivity contribution in [3.05, 3.63) is 70.0 Å². The van der Waals surface area contributed by atoms with Crippen molar-refractivity contribution in [1.82, 2.24) is 0 Å². The average molecular weight is 279 g/mol. The highest BCUT2D eigenvalue weighted by Crippen LogP contribution is 2.24. The number of halogens is 2. The maximum absolute atomic E-state index is 13.7. The summed E-state index contributed by atoms with van der Waals surface area (Å²) in [4.78, 5) is 0. The molecular formula is C16H16ClFO. The normalized spacial score (nSPS) is 12.4. The highest BCUT2D eigenvalue weighted by atomic mass is 35.5. The lowest BCUT2D eigenvalue weighted by Gasteiger charge is -2.16. The second-order valence-electron chi connectivity index (χ2n) is 4.73. The molecule has 0 saturated heterocycles. The highest BCUT2D eigenvalue weighted by Gasteiger charge is 2.14. The van der Waals surface area contributed by atoms with Crippen LogP contribution in [0.15, 0.2) is 42.5 Å². The lowest BCUT2D eigenvalue weighted by atomic mass is 9.91. The van der Waals surface area contributed by atoms with Crippen molar-refractivity contribution in [3.8, 4) is 0 Å². The molecule has 0 aliphatic heterocycles. The number of hydrogen-bond acceptors (Lipinski definition) is 1. The zero-order valence-corrected chi connectivity index (χ0v) is 11.5. The largest absolute Gasteiger partial charge is 0.396 e. The van der Waals surface area contributed by atoms with Gasteiger partial charge in [0.2, 0.25) is 0 Å². The van der Waals surface area contributed by atoms with Crippen molar-refractivity contribution in [1.29, 1.82) is 0 Å². The topological polar surface area (TPSA) is 20.2 Å². The molecule has 0 bridgehead atoms. The number of rotatable bonds is 4. The third-order valence-corrected chi connectivity index (χ3v) is 3.44. The van der Waals surface area contributed by atoms with Crippen molar-refractivity contribution in [3.63, 3.8) is 0 Å². The molecule has 0 aliphatic carbocycles. The fourth-order valence-corrected chi connectivity index (χ4v) is 2.37. The van der Waals surface area contributed by atoms with Crippen LogP contribution in [0.25, 0.3) is 0 Å². The summed E-state index contributed by atoms with van der Waals surface area (Å²) in [5.41, 5.74) is 2.68. The monoisotopic (exact) mass is 278 g/mol. The van der Waals surface area contributed by atoms with Gasteiger partial charge in [0.15, 0.2) is 0 Å². The van der Waals surface area contributed by atoms with Gasteiger partial charge in [-0.05, 0) is 42.7 Å². The van der Waals surface area contributed by atoms with Crippen molar-refractivity contribution in [2.24, 2.45) is 0 Å². The van der Waals surface area contributed by atoms with E-state index in [9.17, 15) is 9.50 Å². The molecule has 19 heavy (non-hydrogen) atoms. The SMILES string of the molecule is Cc1cccc(C(CO)Cc2cc(Cl)ccc2F)c1. The molecule has 0 saturated carbocycles. The number of benzene rings is 2. The van der Waals surface area contributed by atoms with Crippen LogP contribution in [0.3, 0.4) is 0 Å². The van der Waals surface area contributed by atoms with Gasteiger partial charge in [-0.15, -0.1) is 0 Å². The van der Waals surface area contributed by atoms with Gasteiger partial charge in [0, 0.05) is 10.9 Å². The van der Waals surface area contributed by atoms with E-state index >= 15 is 0 Å². The van der Waals surface area contributed by atoms with E-state index < -0.39 is 0 Å². The quantitative estimate of drug-likeness (QED) is 0.892. The van der Waals surface area contributed by atoms with Crippen LogP contribution < -0.4 is 0 Å². The van der Waals surface area contributed by atoms with Gasteiger partial charge < -0.3 is 5.11 Å². The van der Waals surface area contributed by atoms with E-state index in [-0.39, 0.29) is 18.3 Å². The molecule has 1 N–H and O–H groups in total. The van der Waals surface area contributed by atoms with Crippen LogP contribution in [0.1, 0.15) is 22.6 Å².